The van der Waals surface area contributed by atoms with Gasteiger partial charge in [-0.3, -0.25) is 9.98 Å². The van der Waals surface area contributed by atoms with Gasteiger partial charge in [0.25, 0.3) is 0 Å². The van der Waals surface area contributed by atoms with Crippen molar-refractivity contribution in [1.82, 2.24) is 10.3 Å². The minimum absolute atomic E-state index is 0. The molecule has 0 bridgehead atoms. The lowest BCUT2D eigenvalue weighted by Gasteiger charge is -2.14. The smallest absolute Gasteiger partial charge is 0.195 e. The molecular weight excluding hydrogens is 443 g/mol. The molecule has 1 aliphatic heterocycles. The lowest BCUT2D eigenvalue weighted by Crippen LogP contribution is -2.32. The second-order valence-electron chi connectivity index (χ2n) is 5.89. The van der Waals surface area contributed by atoms with Gasteiger partial charge < -0.3 is 20.1 Å². The predicted octanol–water partition coefficient (Wildman–Crippen LogP) is 3.40. The van der Waals surface area contributed by atoms with Crippen LogP contribution in [0.1, 0.15) is 17.7 Å². The van der Waals surface area contributed by atoms with Crippen molar-refractivity contribution in [2.24, 2.45) is 4.99 Å². The molecule has 3 rings (SSSR count). The Kier molecular flexibility index (Phi) is 7.96. The van der Waals surface area contributed by atoms with Crippen LogP contribution in [0.2, 0.25) is 0 Å². The Bertz CT molecular complexity index is 735. The SMILES string of the molecule is CN=C(NCCc1ccc(C)nc1)Nc1ccc2c(c1)OCCCO2.I. The Morgan fingerprint density at radius 1 is 1.15 bits per heavy atom. The van der Waals surface area contributed by atoms with Gasteiger partial charge in [-0.05, 0) is 37.1 Å². The number of aromatic nitrogens is 1. The van der Waals surface area contributed by atoms with E-state index < -0.39 is 0 Å². The number of pyridine rings is 1. The first-order valence-corrected chi connectivity index (χ1v) is 8.53. The summed E-state index contributed by atoms with van der Waals surface area (Å²) in [7, 11) is 1.76. The first-order valence-electron chi connectivity index (χ1n) is 8.53. The number of aliphatic imine (C=N–C) groups is 1. The molecule has 0 spiro atoms. The van der Waals surface area contributed by atoms with Crippen LogP contribution in [0.25, 0.3) is 0 Å². The average molecular weight is 468 g/mol. The van der Waals surface area contributed by atoms with Gasteiger partial charge in [0.2, 0.25) is 0 Å². The molecule has 2 heterocycles. The number of nitrogens with zero attached hydrogens (tertiary/aromatic N) is 2. The molecule has 2 N–H and O–H groups in total. The minimum Gasteiger partial charge on any atom is -0.490 e. The van der Waals surface area contributed by atoms with Crippen molar-refractivity contribution in [2.75, 3.05) is 32.1 Å². The summed E-state index contributed by atoms with van der Waals surface area (Å²) in [5.41, 5.74) is 3.14. The highest BCUT2D eigenvalue weighted by Crippen LogP contribution is 2.32. The van der Waals surface area contributed by atoms with Crippen LogP contribution in [-0.2, 0) is 6.42 Å². The number of halogens is 1. The van der Waals surface area contributed by atoms with Gasteiger partial charge in [0.1, 0.15) is 0 Å². The van der Waals surface area contributed by atoms with Crippen molar-refractivity contribution in [1.29, 1.82) is 0 Å². The van der Waals surface area contributed by atoms with Crippen LogP contribution in [0.15, 0.2) is 41.5 Å². The quantitative estimate of drug-likeness (QED) is 0.409. The fourth-order valence-corrected chi connectivity index (χ4v) is 2.53. The van der Waals surface area contributed by atoms with Crippen LogP contribution in [0, 0.1) is 6.92 Å². The maximum atomic E-state index is 5.72. The summed E-state index contributed by atoms with van der Waals surface area (Å²) in [5.74, 6) is 2.27. The molecule has 0 unspecified atom stereocenters. The van der Waals surface area contributed by atoms with Crippen LogP contribution in [0.4, 0.5) is 5.69 Å². The van der Waals surface area contributed by atoms with E-state index in [2.05, 4.69) is 26.7 Å². The monoisotopic (exact) mass is 468 g/mol. The van der Waals surface area contributed by atoms with Crippen LogP contribution in [0.5, 0.6) is 11.5 Å². The lowest BCUT2D eigenvalue weighted by atomic mass is 10.2. The molecule has 0 saturated carbocycles. The molecule has 6 nitrogen and oxygen atoms in total. The summed E-state index contributed by atoms with van der Waals surface area (Å²) in [5, 5.41) is 6.59. The standard InChI is InChI=1S/C19H24N4O2.HI/c1-14-4-5-15(13-22-14)8-9-21-19(20-2)23-16-6-7-17-18(12-16)25-11-3-10-24-17;/h4-7,12-13H,3,8-11H2,1-2H3,(H2,20,21,23);1H. The van der Waals surface area contributed by atoms with Gasteiger partial charge in [-0.15, -0.1) is 24.0 Å². The molecule has 140 valence electrons. The number of guanidine groups is 1. The molecule has 0 aliphatic carbocycles. The Labute approximate surface area is 171 Å². The zero-order valence-electron chi connectivity index (χ0n) is 15.1. The number of ether oxygens (including phenoxy) is 2. The molecule has 0 fully saturated rings. The average Bonchev–Trinajstić information content (AvgIpc) is 2.87. The zero-order chi connectivity index (χ0) is 17.5. The number of nitrogens with one attached hydrogen (secondary N) is 2. The second kappa shape index (κ2) is 10.2. The maximum Gasteiger partial charge on any atom is 0.195 e. The van der Waals surface area contributed by atoms with Gasteiger partial charge in [-0.2, -0.15) is 0 Å². The number of hydrogen-bond acceptors (Lipinski definition) is 4. The molecule has 1 aromatic carbocycles. The maximum absolute atomic E-state index is 5.72. The summed E-state index contributed by atoms with van der Waals surface area (Å²) in [6, 6.07) is 9.96. The normalized spacial score (nSPS) is 13.4. The van der Waals surface area contributed by atoms with Gasteiger partial charge in [-0.25, -0.2) is 0 Å². The highest BCUT2D eigenvalue weighted by molar-refractivity contribution is 14.0. The summed E-state index contributed by atoms with van der Waals surface area (Å²) < 4.78 is 11.4. The molecule has 0 saturated heterocycles. The van der Waals surface area contributed by atoms with E-state index in [1.54, 1.807) is 7.05 Å². The van der Waals surface area contributed by atoms with Crippen LogP contribution in [0.3, 0.4) is 0 Å². The van der Waals surface area contributed by atoms with E-state index in [1.165, 1.54) is 5.56 Å². The number of rotatable bonds is 4. The fraction of sp³-hybridized carbons (Fsp3) is 0.368. The number of hydrogen-bond donors (Lipinski definition) is 2. The van der Waals surface area contributed by atoms with Crippen LogP contribution >= 0.6 is 24.0 Å². The molecular formula is C19H25IN4O2. The summed E-state index contributed by atoms with van der Waals surface area (Å²) in [6.45, 7) is 4.13. The molecule has 7 heteroatoms. The number of anilines is 1. The van der Waals surface area contributed by atoms with Crippen molar-refractivity contribution in [3.8, 4) is 11.5 Å². The van der Waals surface area contributed by atoms with E-state index in [9.17, 15) is 0 Å². The van der Waals surface area contributed by atoms with Gasteiger partial charge in [0, 0.05) is 43.7 Å². The van der Waals surface area contributed by atoms with Crippen molar-refractivity contribution in [3.05, 3.63) is 47.8 Å². The molecule has 0 atom stereocenters. The minimum atomic E-state index is 0. The topological polar surface area (TPSA) is 67.8 Å². The highest BCUT2D eigenvalue weighted by Gasteiger charge is 2.11. The third-order valence-corrected chi connectivity index (χ3v) is 3.91. The van der Waals surface area contributed by atoms with Crippen molar-refractivity contribution in [3.63, 3.8) is 0 Å². The zero-order valence-corrected chi connectivity index (χ0v) is 17.4. The molecule has 2 aromatic rings. The van der Waals surface area contributed by atoms with E-state index in [-0.39, 0.29) is 24.0 Å². The van der Waals surface area contributed by atoms with Crippen molar-refractivity contribution >= 4 is 35.6 Å². The van der Waals surface area contributed by atoms with E-state index >= 15 is 0 Å². The number of aryl methyl sites for hydroxylation is 1. The molecule has 0 amide bonds. The molecule has 0 radical (unpaired) electrons. The van der Waals surface area contributed by atoms with E-state index in [4.69, 9.17) is 9.47 Å². The van der Waals surface area contributed by atoms with Crippen molar-refractivity contribution < 1.29 is 9.47 Å². The van der Waals surface area contributed by atoms with Crippen LogP contribution in [-0.4, -0.2) is 37.7 Å². The summed E-state index contributed by atoms with van der Waals surface area (Å²) >= 11 is 0. The van der Waals surface area contributed by atoms with Gasteiger partial charge in [0.15, 0.2) is 17.5 Å². The number of fused-ring (bicyclic) bond motifs is 1. The molecule has 1 aromatic heterocycles. The summed E-state index contributed by atoms with van der Waals surface area (Å²) in [6.07, 6.45) is 3.70. The predicted molar refractivity (Wildman–Crippen MR) is 115 cm³/mol. The third-order valence-electron chi connectivity index (χ3n) is 3.91. The number of benzene rings is 1. The van der Waals surface area contributed by atoms with E-state index in [1.807, 2.05) is 37.4 Å². The van der Waals surface area contributed by atoms with Crippen molar-refractivity contribution in [2.45, 2.75) is 19.8 Å². The van der Waals surface area contributed by atoms with E-state index in [0.717, 1.165) is 48.2 Å². The second-order valence-corrected chi connectivity index (χ2v) is 5.89. The highest BCUT2D eigenvalue weighted by atomic mass is 127. The molecule has 26 heavy (non-hydrogen) atoms. The van der Waals surface area contributed by atoms with E-state index in [0.29, 0.717) is 13.2 Å². The Hall–Kier alpha value is -2.03. The largest absolute Gasteiger partial charge is 0.490 e. The van der Waals surface area contributed by atoms with Gasteiger partial charge in [-0.1, -0.05) is 6.07 Å². The summed E-state index contributed by atoms with van der Waals surface area (Å²) in [4.78, 5) is 8.58. The Morgan fingerprint density at radius 3 is 2.69 bits per heavy atom. The fourth-order valence-electron chi connectivity index (χ4n) is 2.53. The van der Waals surface area contributed by atoms with Crippen LogP contribution < -0.4 is 20.1 Å². The third kappa shape index (κ3) is 5.76. The Balaban J connectivity index is 0.00000243. The Morgan fingerprint density at radius 2 is 1.96 bits per heavy atom. The van der Waals surface area contributed by atoms with Gasteiger partial charge in [0.05, 0.1) is 13.2 Å². The lowest BCUT2D eigenvalue weighted by molar-refractivity contribution is 0.297. The first-order chi connectivity index (χ1) is 12.2. The molecule has 1 aliphatic rings. The first kappa shape index (κ1) is 20.3. The van der Waals surface area contributed by atoms with Gasteiger partial charge >= 0.3 is 0 Å².